The zero-order chi connectivity index (χ0) is 26.5. The Kier molecular flexibility index (Phi) is 6.99. The molecule has 3 saturated heterocycles. The van der Waals surface area contributed by atoms with Gasteiger partial charge in [0.15, 0.2) is 0 Å². The Labute approximate surface area is 220 Å². The first-order valence-corrected chi connectivity index (χ1v) is 13.8. The smallest absolute Gasteiger partial charge is 0.407 e. The maximum Gasteiger partial charge on any atom is 0.407 e. The van der Waals surface area contributed by atoms with Gasteiger partial charge in [-0.25, -0.2) is 9.18 Å². The van der Waals surface area contributed by atoms with Gasteiger partial charge in [0.05, 0.1) is 12.1 Å². The highest BCUT2D eigenvalue weighted by molar-refractivity contribution is 5.71. The molecule has 2 aromatic rings. The minimum absolute atomic E-state index is 0.0538. The fourth-order valence-electron chi connectivity index (χ4n) is 6.50. The molecule has 1 amide bonds. The lowest BCUT2D eigenvalue weighted by Gasteiger charge is -2.44. The largest absolute Gasteiger partial charge is 0.490 e. The number of carbonyl (C=O) groups excluding carboxylic acids is 1. The Hall–Kier alpha value is -2.60. The molecule has 2 aromatic carbocycles. The highest BCUT2D eigenvalue weighted by atomic mass is 19.1. The molecule has 1 N–H and O–H groups in total. The molecular weight excluding hydrogens is 467 g/mol. The van der Waals surface area contributed by atoms with Crippen LogP contribution in [0.25, 0.3) is 11.1 Å². The van der Waals surface area contributed by atoms with E-state index >= 15 is 4.39 Å². The third-order valence-electron chi connectivity index (χ3n) is 8.60. The predicted octanol–water partition coefficient (Wildman–Crippen LogP) is 6.73. The van der Waals surface area contributed by atoms with E-state index in [-0.39, 0.29) is 35.6 Å². The van der Waals surface area contributed by atoms with Gasteiger partial charge in [0.2, 0.25) is 0 Å². The molecule has 2 atom stereocenters. The van der Waals surface area contributed by atoms with Crippen molar-refractivity contribution in [3.63, 3.8) is 0 Å². The summed E-state index contributed by atoms with van der Waals surface area (Å²) in [7, 11) is 0. The van der Waals surface area contributed by atoms with Crippen LogP contribution in [0.1, 0.15) is 75.3 Å². The van der Waals surface area contributed by atoms with Crippen LogP contribution < -0.4 is 10.1 Å². The number of piperidine rings is 3. The van der Waals surface area contributed by atoms with Crippen LogP contribution in [0.2, 0.25) is 0 Å². The maximum absolute atomic E-state index is 15.7. The summed E-state index contributed by atoms with van der Waals surface area (Å²) in [5.41, 5.74) is 5.17. The number of hydrogen-bond donors (Lipinski definition) is 1. The first kappa shape index (κ1) is 26.0. The van der Waals surface area contributed by atoms with Crippen LogP contribution in [-0.4, -0.2) is 42.8 Å². The maximum atomic E-state index is 15.7. The molecule has 3 heterocycles. The molecule has 4 aliphatic rings. The van der Waals surface area contributed by atoms with E-state index in [2.05, 4.69) is 24.1 Å². The molecule has 2 bridgehead atoms. The molecule has 0 aromatic heterocycles. The van der Waals surface area contributed by atoms with Gasteiger partial charge in [0.1, 0.15) is 17.7 Å². The topological polar surface area (TPSA) is 50.8 Å². The summed E-state index contributed by atoms with van der Waals surface area (Å²) in [5, 5.41) is 3.14. The van der Waals surface area contributed by atoms with Crippen molar-refractivity contribution < 1.29 is 18.7 Å². The average molecular weight is 509 g/mol. The van der Waals surface area contributed by atoms with E-state index in [1.54, 1.807) is 6.07 Å². The van der Waals surface area contributed by atoms with Crippen molar-refractivity contribution in [2.24, 2.45) is 11.3 Å². The summed E-state index contributed by atoms with van der Waals surface area (Å²) in [6.45, 7) is 15.3. The predicted molar refractivity (Wildman–Crippen MR) is 144 cm³/mol. The zero-order valence-corrected chi connectivity index (χ0v) is 23.1. The van der Waals surface area contributed by atoms with Crippen molar-refractivity contribution in [2.75, 3.05) is 19.6 Å². The fraction of sp³-hybridized carbons (Fsp3) is 0.581. The summed E-state index contributed by atoms with van der Waals surface area (Å²) in [6.07, 6.45) is 3.56. The number of ether oxygens (including phenoxy) is 2. The molecule has 3 fully saturated rings. The Balaban J connectivity index is 1.40. The number of benzene rings is 2. The summed E-state index contributed by atoms with van der Waals surface area (Å²) >= 11 is 0. The molecule has 200 valence electrons. The van der Waals surface area contributed by atoms with Crippen LogP contribution in [0.5, 0.6) is 5.75 Å². The molecule has 37 heavy (non-hydrogen) atoms. The number of hydrogen-bond acceptors (Lipinski definition) is 4. The zero-order valence-electron chi connectivity index (χ0n) is 23.1. The quantitative estimate of drug-likeness (QED) is 0.487. The van der Waals surface area contributed by atoms with E-state index < -0.39 is 0 Å². The lowest BCUT2D eigenvalue weighted by atomic mass is 9.70. The van der Waals surface area contributed by atoms with E-state index in [9.17, 15) is 4.79 Å². The standard InChI is InChI=1S/C31H41FN2O3/c1-18(2)36-28-19(3)13-23(14-20(28)4)24-15-22-7-10-31(5,6)29(25(22)16-26(24)32)33-30(35)37-27-17-34-11-8-21(27)9-12-34/h13-16,18,21,27,29H,7-12,17H2,1-6H3,(H,33,35)/t27-,29+/m1/s1. The van der Waals surface area contributed by atoms with Crippen LogP contribution in [0.3, 0.4) is 0 Å². The Bertz CT molecular complexity index is 1160. The third-order valence-corrected chi connectivity index (χ3v) is 8.60. The Morgan fingerprint density at radius 1 is 1.11 bits per heavy atom. The summed E-state index contributed by atoms with van der Waals surface area (Å²) in [6, 6.07) is 7.31. The molecular formula is C31H41FN2O3. The minimum Gasteiger partial charge on any atom is -0.490 e. The van der Waals surface area contributed by atoms with Crippen molar-refractivity contribution in [3.8, 4) is 16.9 Å². The number of amides is 1. The number of aryl methyl sites for hydroxylation is 3. The number of alkyl carbamates (subject to hydrolysis) is 1. The van der Waals surface area contributed by atoms with Gasteiger partial charge in [-0.15, -0.1) is 0 Å². The Morgan fingerprint density at radius 2 is 1.78 bits per heavy atom. The highest BCUT2D eigenvalue weighted by Gasteiger charge is 2.40. The van der Waals surface area contributed by atoms with Crippen molar-refractivity contribution >= 4 is 6.09 Å². The van der Waals surface area contributed by atoms with Gasteiger partial charge in [0.25, 0.3) is 0 Å². The molecule has 5 nitrogen and oxygen atoms in total. The van der Waals surface area contributed by atoms with Gasteiger partial charge >= 0.3 is 6.09 Å². The lowest BCUT2D eigenvalue weighted by Crippen LogP contribution is -2.53. The summed E-state index contributed by atoms with van der Waals surface area (Å²) in [4.78, 5) is 15.4. The van der Waals surface area contributed by atoms with E-state index in [4.69, 9.17) is 9.47 Å². The van der Waals surface area contributed by atoms with E-state index in [1.165, 1.54) is 0 Å². The molecule has 0 spiro atoms. The van der Waals surface area contributed by atoms with E-state index in [0.717, 1.165) is 78.9 Å². The van der Waals surface area contributed by atoms with Crippen LogP contribution >= 0.6 is 0 Å². The molecule has 0 unspecified atom stereocenters. The monoisotopic (exact) mass is 508 g/mol. The molecule has 6 rings (SSSR count). The SMILES string of the molecule is Cc1cc(-c2cc3c(cc2F)[C@H](NC(=O)O[C@@H]2CN4CCC2CC4)C(C)(C)CC3)cc(C)c1OC(C)C. The lowest BCUT2D eigenvalue weighted by molar-refractivity contribution is -0.0353. The fourth-order valence-corrected chi connectivity index (χ4v) is 6.50. The van der Waals surface area contributed by atoms with Gasteiger partial charge < -0.3 is 14.8 Å². The van der Waals surface area contributed by atoms with Crippen LogP contribution in [0, 0.1) is 31.0 Å². The van der Waals surface area contributed by atoms with Crippen LogP contribution in [0.4, 0.5) is 9.18 Å². The van der Waals surface area contributed by atoms with Gasteiger partial charge in [-0.05, 0) is 130 Å². The van der Waals surface area contributed by atoms with Gasteiger partial charge in [0, 0.05) is 12.1 Å². The second-order valence-electron chi connectivity index (χ2n) is 12.3. The van der Waals surface area contributed by atoms with Crippen LogP contribution in [0.15, 0.2) is 24.3 Å². The second kappa shape index (κ2) is 9.94. The molecule has 1 aliphatic carbocycles. The van der Waals surface area contributed by atoms with Gasteiger partial charge in [-0.2, -0.15) is 0 Å². The number of nitrogens with one attached hydrogen (secondary N) is 1. The van der Waals surface area contributed by atoms with Crippen molar-refractivity contribution in [3.05, 3.63) is 52.3 Å². The molecule has 3 aliphatic heterocycles. The number of fused-ring (bicyclic) bond motifs is 4. The first-order chi connectivity index (χ1) is 17.5. The number of carbonyl (C=O) groups is 1. The second-order valence-corrected chi connectivity index (χ2v) is 12.3. The molecule has 0 radical (unpaired) electrons. The minimum atomic E-state index is -0.388. The normalized spacial score (nSPS) is 26.1. The van der Waals surface area contributed by atoms with Crippen molar-refractivity contribution in [2.45, 2.75) is 85.5 Å². The summed E-state index contributed by atoms with van der Waals surface area (Å²) < 4.78 is 27.6. The first-order valence-electron chi connectivity index (χ1n) is 13.8. The van der Waals surface area contributed by atoms with Crippen LogP contribution in [-0.2, 0) is 11.2 Å². The average Bonchev–Trinajstić information content (AvgIpc) is 2.83. The van der Waals surface area contributed by atoms with E-state index in [0.29, 0.717) is 11.5 Å². The van der Waals surface area contributed by atoms with Gasteiger partial charge in [-0.3, -0.25) is 4.90 Å². The van der Waals surface area contributed by atoms with Crippen molar-refractivity contribution in [1.82, 2.24) is 10.2 Å². The molecule has 6 heteroatoms. The highest BCUT2D eigenvalue weighted by Crippen LogP contribution is 2.45. The molecule has 0 saturated carbocycles. The van der Waals surface area contributed by atoms with Crippen molar-refractivity contribution in [1.29, 1.82) is 0 Å². The number of rotatable bonds is 5. The van der Waals surface area contributed by atoms with Gasteiger partial charge in [-0.1, -0.05) is 13.8 Å². The third kappa shape index (κ3) is 5.22. The van der Waals surface area contributed by atoms with E-state index in [1.807, 2.05) is 45.9 Å². The number of halogens is 1. The summed E-state index contributed by atoms with van der Waals surface area (Å²) in [5.74, 6) is 1.04. The Morgan fingerprint density at radius 3 is 2.38 bits per heavy atom. The number of nitrogens with zero attached hydrogens (tertiary/aromatic N) is 1.